The predicted octanol–water partition coefficient (Wildman–Crippen LogP) is 1.51. The van der Waals surface area contributed by atoms with Gasteiger partial charge in [0.15, 0.2) is 0 Å². The van der Waals surface area contributed by atoms with Gasteiger partial charge in [-0.3, -0.25) is 4.70 Å². The zero-order valence-corrected chi connectivity index (χ0v) is 2.98. The van der Waals surface area contributed by atoms with Gasteiger partial charge in [0.1, 0.15) is 0 Å². The van der Waals surface area contributed by atoms with E-state index in [9.17, 15) is 0 Å². The lowest BCUT2D eigenvalue weighted by Gasteiger charge is -1.44. The summed E-state index contributed by atoms with van der Waals surface area (Å²) in [6.45, 7) is 6.72. The van der Waals surface area contributed by atoms with Gasteiger partial charge in [-0.15, -0.1) is 0 Å². The molecule has 0 aromatic rings. The molecule has 0 unspecified atom stereocenters. The third-order valence-corrected chi connectivity index (χ3v) is 0.167. The molecular formula is C4H7F. The quantitative estimate of drug-likeness (QED) is 0.413. The molecule has 0 saturated heterocycles. The molecule has 0 nitrogen and oxygen atoms in total. The fourth-order valence-corrected chi connectivity index (χ4v) is 0. The summed E-state index contributed by atoms with van der Waals surface area (Å²) in [4.78, 5) is 0. The van der Waals surface area contributed by atoms with Crippen molar-refractivity contribution in [3.63, 3.8) is 0 Å². The van der Waals surface area contributed by atoms with Crippen LogP contribution in [0, 0.1) is 0 Å². The van der Waals surface area contributed by atoms with Gasteiger partial charge in [0, 0.05) is 0 Å². The van der Waals surface area contributed by atoms with E-state index in [0.717, 1.165) is 0 Å². The van der Waals surface area contributed by atoms with Crippen LogP contribution in [0.15, 0.2) is 25.3 Å². The van der Waals surface area contributed by atoms with Crippen LogP contribution in [-0.4, -0.2) is 0 Å². The summed E-state index contributed by atoms with van der Waals surface area (Å²) < 4.78 is 0. The Hall–Kier alpha value is -0.590. The van der Waals surface area contributed by atoms with Crippen LogP contribution in [0.3, 0.4) is 0 Å². The molecule has 0 N–H and O–H groups in total. The van der Waals surface area contributed by atoms with Gasteiger partial charge in [0.25, 0.3) is 0 Å². The molecule has 0 aliphatic rings. The first-order valence-electron chi connectivity index (χ1n) is 1.15. The Morgan fingerprint density at radius 2 is 1.20 bits per heavy atom. The molecule has 0 aliphatic carbocycles. The Morgan fingerprint density at radius 1 is 1.00 bits per heavy atom. The smallest absolute Gasteiger partial charge is 0.0701 e. The molecule has 1 heteroatoms. The number of allylic oxidation sites excluding steroid dienone is 2. The van der Waals surface area contributed by atoms with Crippen molar-refractivity contribution in [1.82, 2.24) is 0 Å². The van der Waals surface area contributed by atoms with Crippen molar-refractivity contribution in [2.24, 2.45) is 0 Å². The van der Waals surface area contributed by atoms with Crippen molar-refractivity contribution >= 4 is 0 Å². The Balaban J connectivity index is 0. The lowest BCUT2D eigenvalue weighted by atomic mass is 10.6. The summed E-state index contributed by atoms with van der Waals surface area (Å²) >= 11 is 0. The van der Waals surface area contributed by atoms with Gasteiger partial charge >= 0.3 is 0 Å². The first kappa shape index (κ1) is 8.83. The largest absolute Gasteiger partial charge is 0.269 e. The molecule has 0 radical (unpaired) electrons. The molecule has 30 valence electrons. The monoisotopic (exact) mass is 74.1 g/mol. The van der Waals surface area contributed by atoms with Crippen molar-refractivity contribution in [3.05, 3.63) is 25.3 Å². The number of hydrogen-bond donors (Lipinski definition) is 0. The molecule has 0 heterocycles. The fourth-order valence-electron chi connectivity index (χ4n) is 0. The van der Waals surface area contributed by atoms with Crippen molar-refractivity contribution in [2.75, 3.05) is 0 Å². The molecule has 0 fully saturated rings. The van der Waals surface area contributed by atoms with E-state index in [1.165, 1.54) is 0 Å². The van der Waals surface area contributed by atoms with Crippen molar-refractivity contribution in [3.8, 4) is 0 Å². The number of halogens is 1. The van der Waals surface area contributed by atoms with Gasteiger partial charge in [-0.2, -0.15) is 0 Å². The fraction of sp³-hybridized carbons (Fsp3) is 0. The molecule has 5 heavy (non-hydrogen) atoms. The summed E-state index contributed by atoms with van der Waals surface area (Å²) in [7, 11) is 0. The molecule has 0 bridgehead atoms. The van der Waals surface area contributed by atoms with E-state index in [0.29, 0.717) is 0 Å². The molecule has 0 spiro atoms. The van der Waals surface area contributed by atoms with E-state index in [1.807, 2.05) is 0 Å². The van der Waals surface area contributed by atoms with Gasteiger partial charge in [-0.05, 0) is 0 Å². The minimum atomic E-state index is 0. The third kappa shape index (κ3) is 40.3. The summed E-state index contributed by atoms with van der Waals surface area (Å²) in [6, 6.07) is 0. The van der Waals surface area contributed by atoms with E-state index in [4.69, 9.17) is 0 Å². The molecule has 0 aromatic carbocycles. The van der Waals surface area contributed by atoms with Gasteiger partial charge in [0.05, 0.1) is 0 Å². The Morgan fingerprint density at radius 3 is 1.20 bits per heavy atom. The maximum atomic E-state index is 3.36. The maximum Gasteiger partial charge on any atom is -0.0701 e. The summed E-state index contributed by atoms with van der Waals surface area (Å²) in [5.41, 5.74) is 0. The molecular weight excluding hydrogens is 67.0 g/mol. The molecule has 0 aromatic heterocycles. The van der Waals surface area contributed by atoms with E-state index < -0.39 is 0 Å². The van der Waals surface area contributed by atoms with Crippen molar-refractivity contribution in [1.29, 1.82) is 0 Å². The van der Waals surface area contributed by atoms with Crippen LogP contribution in [0.4, 0.5) is 4.70 Å². The molecule has 0 rings (SSSR count). The van der Waals surface area contributed by atoms with Gasteiger partial charge < -0.3 is 0 Å². The summed E-state index contributed by atoms with van der Waals surface area (Å²) in [6.07, 6.45) is 3.28. The van der Waals surface area contributed by atoms with Crippen molar-refractivity contribution < 1.29 is 4.70 Å². The second kappa shape index (κ2) is 9.96. The van der Waals surface area contributed by atoms with Gasteiger partial charge in [-0.1, -0.05) is 25.3 Å². The van der Waals surface area contributed by atoms with Crippen LogP contribution in [0.1, 0.15) is 0 Å². The Bertz CT molecular complexity index is 24.6. The van der Waals surface area contributed by atoms with Crippen LogP contribution in [0.5, 0.6) is 0 Å². The van der Waals surface area contributed by atoms with E-state index in [2.05, 4.69) is 13.2 Å². The Kier molecular flexibility index (Phi) is 17.6. The highest BCUT2D eigenvalue weighted by Gasteiger charge is 1.29. The topological polar surface area (TPSA) is 0 Å². The second-order valence-corrected chi connectivity index (χ2v) is 0.471. The van der Waals surface area contributed by atoms with E-state index >= 15 is 0 Å². The molecule has 0 atom stereocenters. The van der Waals surface area contributed by atoms with E-state index in [1.54, 1.807) is 12.2 Å². The molecule has 0 amide bonds. The van der Waals surface area contributed by atoms with E-state index in [-0.39, 0.29) is 4.70 Å². The summed E-state index contributed by atoms with van der Waals surface area (Å²) in [5, 5.41) is 0. The standard InChI is InChI=1S/C4H6.FH/c1-3-4-2;/h3-4H,1-2H2;1H. The zero-order chi connectivity index (χ0) is 3.41. The second-order valence-electron chi connectivity index (χ2n) is 0.471. The Labute approximate surface area is 31.2 Å². The minimum absolute atomic E-state index is 0. The average molecular weight is 74.1 g/mol. The van der Waals surface area contributed by atoms with Crippen LogP contribution in [0.25, 0.3) is 0 Å². The van der Waals surface area contributed by atoms with Crippen LogP contribution in [0.2, 0.25) is 0 Å². The highest BCUT2D eigenvalue weighted by atomic mass is 19.0. The molecule has 0 saturated carbocycles. The minimum Gasteiger partial charge on any atom is -0.269 e. The maximum absolute atomic E-state index is 3.36. The van der Waals surface area contributed by atoms with Gasteiger partial charge in [-0.25, -0.2) is 0 Å². The normalized spacial score (nSPS) is 4.00. The number of hydrogen-bond acceptors (Lipinski definition) is 0. The molecule has 0 aliphatic heterocycles. The predicted molar refractivity (Wildman–Crippen MR) is 22.9 cm³/mol. The third-order valence-electron chi connectivity index (χ3n) is 0.167. The first-order chi connectivity index (χ1) is 1.91. The highest BCUT2D eigenvalue weighted by molar-refractivity contribution is 4.88. The van der Waals surface area contributed by atoms with Crippen molar-refractivity contribution in [2.45, 2.75) is 0 Å². The summed E-state index contributed by atoms with van der Waals surface area (Å²) in [5.74, 6) is 0. The lowest BCUT2D eigenvalue weighted by Crippen LogP contribution is -1.21. The van der Waals surface area contributed by atoms with Crippen LogP contribution in [-0.2, 0) is 0 Å². The lowest BCUT2D eigenvalue weighted by molar-refractivity contribution is 1.11. The highest BCUT2D eigenvalue weighted by Crippen LogP contribution is 1.52. The number of rotatable bonds is 1. The van der Waals surface area contributed by atoms with Gasteiger partial charge in [0.2, 0.25) is 0 Å². The van der Waals surface area contributed by atoms with Crippen LogP contribution >= 0.6 is 0 Å². The van der Waals surface area contributed by atoms with Crippen LogP contribution < -0.4 is 0 Å². The first-order valence-corrected chi connectivity index (χ1v) is 1.15. The SMILES string of the molecule is C=CC=C.F. The zero-order valence-electron chi connectivity index (χ0n) is 2.98. The average Bonchev–Trinajstić information content (AvgIpc) is 1.37.